The van der Waals surface area contributed by atoms with Gasteiger partial charge in [-0.3, -0.25) is 4.98 Å². The molecule has 1 fully saturated rings. The Bertz CT molecular complexity index is 796. The summed E-state index contributed by atoms with van der Waals surface area (Å²) in [5.74, 6) is 0.593. The van der Waals surface area contributed by atoms with Crippen LogP contribution in [0, 0.1) is 0 Å². The van der Waals surface area contributed by atoms with Crippen LogP contribution in [0.5, 0.6) is 0 Å². The Kier molecular flexibility index (Phi) is 4.27. The molecule has 0 radical (unpaired) electrons. The highest BCUT2D eigenvalue weighted by molar-refractivity contribution is 7.90. The minimum atomic E-state index is -3.51. The van der Waals surface area contributed by atoms with Crippen LogP contribution in [0.25, 0.3) is 11.3 Å². The lowest BCUT2D eigenvalue weighted by molar-refractivity contribution is 0.0984. The van der Waals surface area contributed by atoms with Crippen LogP contribution in [0.1, 0.15) is 6.92 Å². The molecule has 8 heteroatoms. The van der Waals surface area contributed by atoms with E-state index in [2.05, 4.69) is 15.0 Å². The van der Waals surface area contributed by atoms with E-state index in [1.54, 1.807) is 24.5 Å². The molecule has 0 aromatic carbocycles. The highest BCUT2D eigenvalue weighted by atomic mass is 32.2. The molecule has 23 heavy (non-hydrogen) atoms. The number of ether oxygens (including phenoxy) is 1. The summed E-state index contributed by atoms with van der Waals surface area (Å²) in [6, 6.07) is 5.54. The molecule has 0 unspecified atom stereocenters. The Morgan fingerprint density at radius 1 is 1.35 bits per heavy atom. The maximum atomic E-state index is 11.9. The number of sulfone groups is 1. The Morgan fingerprint density at radius 2 is 2.17 bits per heavy atom. The zero-order valence-electron chi connectivity index (χ0n) is 13.0. The molecular formula is C15H18N4O3S. The van der Waals surface area contributed by atoms with Gasteiger partial charge >= 0.3 is 0 Å². The van der Waals surface area contributed by atoms with Gasteiger partial charge in [-0.05, 0) is 19.1 Å². The second-order valence-corrected chi connectivity index (χ2v) is 7.43. The van der Waals surface area contributed by atoms with Gasteiger partial charge in [-0.2, -0.15) is 0 Å². The molecule has 1 aliphatic heterocycles. The third-order valence-electron chi connectivity index (χ3n) is 3.64. The van der Waals surface area contributed by atoms with E-state index < -0.39 is 9.84 Å². The predicted octanol–water partition coefficient (Wildman–Crippen LogP) is 1.17. The van der Waals surface area contributed by atoms with Crippen molar-refractivity contribution in [1.29, 1.82) is 0 Å². The number of anilines is 1. The summed E-state index contributed by atoms with van der Waals surface area (Å²) in [5, 5.41) is -0.174. The zero-order valence-corrected chi connectivity index (χ0v) is 13.8. The molecule has 3 rings (SSSR count). The summed E-state index contributed by atoms with van der Waals surface area (Å²) in [6.07, 6.45) is 4.43. The smallest absolute Gasteiger partial charge is 0.249 e. The average molecular weight is 334 g/mol. The fraction of sp³-hybridized carbons (Fsp3) is 0.400. The summed E-state index contributed by atoms with van der Waals surface area (Å²) in [7, 11) is -3.51. The van der Waals surface area contributed by atoms with E-state index in [0.29, 0.717) is 31.3 Å². The van der Waals surface area contributed by atoms with Gasteiger partial charge < -0.3 is 9.64 Å². The van der Waals surface area contributed by atoms with Crippen LogP contribution in [0.15, 0.2) is 35.7 Å². The number of rotatable bonds is 3. The van der Waals surface area contributed by atoms with Crippen molar-refractivity contribution in [2.24, 2.45) is 0 Å². The molecule has 2 aromatic rings. The maximum absolute atomic E-state index is 11.9. The SMILES string of the molecule is C[C@@H]1COCCN1c1cc(-c2cccnc2)nc(S(C)(=O)=O)n1. The molecule has 0 spiro atoms. The molecule has 7 nitrogen and oxygen atoms in total. The van der Waals surface area contributed by atoms with E-state index in [9.17, 15) is 8.42 Å². The van der Waals surface area contributed by atoms with Crippen LogP contribution in [0.2, 0.25) is 0 Å². The van der Waals surface area contributed by atoms with Gasteiger partial charge in [0.15, 0.2) is 0 Å². The second-order valence-electron chi connectivity index (χ2n) is 5.53. The van der Waals surface area contributed by atoms with E-state index in [1.165, 1.54) is 0 Å². The van der Waals surface area contributed by atoms with E-state index >= 15 is 0 Å². The third-order valence-corrected chi connectivity index (χ3v) is 4.49. The monoisotopic (exact) mass is 334 g/mol. The molecule has 1 atom stereocenters. The van der Waals surface area contributed by atoms with Gasteiger partial charge in [0.25, 0.3) is 0 Å². The van der Waals surface area contributed by atoms with Crippen LogP contribution in [0.3, 0.4) is 0 Å². The van der Waals surface area contributed by atoms with E-state index in [-0.39, 0.29) is 11.2 Å². The Morgan fingerprint density at radius 3 is 2.83 bits per heavy atom. The van der Waals surface area contributed by atoms with Crippen molar-refractivity contribution in [3.8, 4) is 11.3 Å². The largest absolute Gasteiger partial charge is 0.377 e. The summed E-state index contributed by atoms with van der Waals surface area (Å²) in [6.45, 7) is 3.85. The molecule has 1 saturated heterocycles. The van der Waals surface area contributed by atoms with Crippen LogP contribution < -0.4 is 4.90 Å². The number of pyridine rings is 1. The first kappa shape index (κ1) is 15.8. The minimum Gasteiger partial charge on any atom is -0.377 e. The Hall–Kier alpha value is -2.06. The number of aromatic nitrogens is 3. The van der Waals surface area contributed by atoms with Crippen LogP contribution in [-0.2, 0) is 14.6 Å². The third kappa shape index (κ3) is 3.48. The standard InChI is InChI=1S/C15H18N4O3S/c1-11-10-22-7-6-19(11)14-8-13(12-4-3-5-16-9-12)17-15(18-14)23(2,20)21/h3-5,8-9,11H,6-7,10H2,1-2H3/t11-/m1/s1. The van der Waals surface area contributed by atoms with E-state index in [4.69, 9.17) is 4.74 Å². The van der Waals surface area contributed by atoms with Gasteiger partial charge in [0.05, 0.1) is 24.9 Å². The van der Waals surface area contributed by atoms with Gasteiger partial charge in [-0.25, -0.2) is 18.4 Å². The number of morpholine rings is 1. The zero-order chi connectivity index (χ0) is 16.4. The van der Waals surface area contributed by atoms with Crippen molar-refractivity contribution >= 4 is 15.7 Å². The molecule has 0 amide bonds. The fourth-order valence-electron chi connectivity index (χ4n) is 2.46. The number of nitrogens with zero attached hydrogens (tertiary/aromatic N) is 4. The van der Waals surface area contributed by atoms with Crippen LogP contribution in [-0.4, -0.2) is 55.4 Å². The normalized spacial score (nSPS) is 18.9. The van der Waals surface area contributed by atoms with Crippen LogP contribution >= 0.6 is 0 Å². The highest BCUT2D eigenvalue weighted by Gasteiger charge is 2.23. The lowest BCUT2D eigenvalue weighted by Crippen LogP contribution is -2.44. The Balaban J connectivity index is 2.12. The summed E-state index contributed by atoms with van der Waals surface area (Å²) in [4.78, 5) is 14.6. The van der Waals surface area contributed by atoms with Gasteiger partial charge in [0.2, 0.25) is 15.0 Å². The molecule has 0 saturated carbocycles. The fourth-order valence-corrected chi connectivity index (χ4v) is 2.98. The van der Waals surface area contributed by atoms with Crippen LogP contribution in [0.4, 0.5) is 5.82 Å². The summed E-state index contributed by atoms with van der Waals surface area (Å²) >= 11 is 0. The van der Waals surface area contributed by atoms with Gasteiger partial charge in [0, 0.05) is 36.8 Å². The van der Waals surface area contributed by atoms with Gasteiger partial charge in [-0.15, -0.1) is 0 Å². The Labute approximate surface area is 135 Å². The lowest BCUT2D eigenvalue weighted by Gasteiger charge is -2.34. The molecule has 0 aliphatic carbocycles. The minimum absolute atomic E-state index is 0.118. The maximum Gasteiger partial charge on any atom is 0.249 e. The van der Waals surface area contributed by atoms with Crippen molar-refractivity contribution < 1.29 is 13.2 Å². The van der Waals surface area contributed by atoms with E-state index in [0.717, 1.165) is 11.8 Å². The average Bonchev–Trinajstić information content (AvgIpc) is 2.55. The van der Waals surface area contributed by atoms with Crippen molar-refractivity contribution in [2.75, 3.05) is 30.9 Å². The highest BCUT2D eigenvalue weighted by Crippen LogP contribution is 2.25. The first-order chi connectivity index (χ1) is 10.9. The predicted molar refractivity (Wildman–Crippen MR) is 86.0 cm³/mol. The van der Waals surface area contributed by atoms with Crippen molar-refractivity contribution in [3.63, 3.8) is 0 Å². The first-order valence-corrected chi connectivity index (χ1v) is 9.18. The molecule has 3 heterocycles. The van der Waals surface area contributed by atoms with Gasteiger partial charge in [-0.1, -0.05) is 0 Å². The van der Waals surface area contributed by atoms with Crippen molar-refractivity contribution in [1.82, 2.24) is 15.0 Å². The van der Waals surface area contributed by atoms with Gasteiger partial charge in [0.1, 0.15) is 5.82 Å². The molecule has 2 aromatic heterocycles. The lowest BCUT2D eigenvalue weighted by atomic mass is 10.2. The topological polar surface area (TPSA) is 85.3 Å². The van der Waals surface area contributed by atoms with E-state index in [1.807, 2.05) is 17.9 Å². The number of hydrogen-bond donors (Lipinski definition) is 0. The summed E-state index contributed by atoms with van der Waals surface area (Å²) in [5.41, 5.74) is 1.30. The van der Waals surface area contributed by atoms with Crippen molar-refractivity contribution in [3.05, 3.63) is 30.6 Å². The second kappa shape index (κ2) is 6.21. The molecular weight excluding hydrogens is 316 g/mol. The number of hydrogen-bond acceptors (Lipinski definition) is 7. The molecule has 0 N–H and O–H groups in total. The molecule has 0 bridgehead atoms. The first-order valence-electron chi connectivity index (χ1n) is 7.29. The quantitative estimate of drug-likeness (QED) is 0.779. The summed E-state index contributed by atoms with van der Waals surface area (Å²) < 4.78 is 29.3. The van der Waals surface area contributed by atoms with Crippen molar-refractivity contribution in [2.45, 2.75) is 18.1 Å². The molecule has 1 aliphatic rings. The molecule has 122 valence electrons.